The van der Waals surface area contributed by atoms with E-state index in [0.717, 1.165) is 5.56 Å². The Morgan fingerprint density at radius 1 is 0.872 bits per heavy atom. The number of nitrogens with one attached hydrogen (secondary N) is 2. The number of carbonyl (C=O) groups is 2. The van der Waals surface area contributed by atoms with E-state index < -0.39 is 39.9 Å². The fraction of sp³-hybridized carbons (Fsp3) is 0.500. The normalized spacial score (nSPS) is 13.5. The van der Waals surface area contributed by atoms with Crippen molar-refractivity contribution in [3.63, 3.8) is 0 Å². The van der Waals surface area contributed by atoms with Crippen molar-refractivity contribution in [2.75, 3.05) is 27.3 Å². The van der Waals surface area contributed by atoms with Crippen molar-refractivity contribution < 1.29 is 32.2 Å². The van der Waals surface area contributed by atoms with Crippen molar-refractivity contribution in [2.45, 2.75) is 63.6 Å². The number of nitrogens with zero attached hydrogens (tertiary/aromatic N) is 1. The molecule has 0 spiro atoms. The summed E-state index contributed by atoms with van der Waals surface area (Å²) < 4.78 is 44.4. The second kappa shape index (κ2) is 14.2. The average molecular weight is 564 g/mol. The third-order valence-corrected chi connectivity index (χ3v) is 7.49. The van der Waals surface area contributed by atoms with E-state index in [0.29, 0.717) is 12.2 Å². The minimum Gasteiger partial charge on any atom is -0.497 e. The van der Waals surface area contributed by atoms with E-state index in [2.05, 4.69) is 10.6 Å². The first-order chi connectivity index (χ1) is 18.2. The number of methoxy groups -OCH3 is 2. The van der Waals surface area contributed by atoms with Crippen molar-refractivity contribution >= 4 is 22.2 Å². The van der Waals surface area contributed by atoms with Crippen LogP contribution in [0.1, 0.15) is 40.2 Å². The standard InChI is InChI=1S/C28H41N3O7S/c1-20(2)18-31(39(34,35)23-15-13-22(36-6)14-16-23)19-25(30-27(33)38-28(3,4)5)24(29-26(32)37-7)17-21-11-9-8-10-12-21/h8-16,20,24-25H,17-19H2,1-7H3,(H,29,32)(H,30,33)/t24-,25+/m0/s1. The molecule has 0 aliphatic heterocycles. The summed E-state index contributed by atoms with van der Waals surface area (Å²) in [6.07, 6.45) is -1.14. The molecule has 0 unspecified atom stereocenters. The van der Waals surface area contributed by atoms with Crippen LogP contribution in [0.5, 0.6) is 5.75 Å². The Labute approximate surface area is 232 Å². The number of hydrogen-bond donors (Lipinski definition) is 2. The molecule has 2 amide bonds. The van der Waals surface area contributed by atoms with Crippen LogP contribution in [0, 0.1) is 5.92 Å². The third-order valence-electron chi connectivity index (χ3n) is 5.64. The van der Waals surface area contributed by atoms with Gasteiger partial charge in [-0.05, 0) is 62.9 Å². The third kappa shape index (κ3) is 10.4. The van der Waals surface area contributed by atoms with Crippen LogP contribution in [-0.4, -0.2) is 69.9 Å². The van der Waals surface area contributed by atoms with Crippen LogP contribution in [0.3, 0.4) is 0 Å². The number of alkyl carbamates (subject to hydrolysis) is 2. The van der Waals surface area contributed by atoms with Crippen molar-refractivity contribution in [3.05, 3.63) is 60.2 Å². The van der Waals surface area contributed by atoms with E-state index >= 15 is 0 Å². The van der Waals surface area contributed by atoms with E-state index in [-0.39, 0.29) is 23.9 Å². The van der Waals surface area contributed by atoms with Crippen LogP contribution in [-0.2, 0) is 25.9 Å². The van der Waals surface area contributed by atoms with Crippen LogP contribution in [0.4, 0.5) is 9.59 Å². The topological polar surface area (TPSA) is 123 Å². The van der Waals surface area contributed by atoms with Crippen molar-refractivity contribution in [3.8, 4) is 5.75 Å². The first-order valence-corrected chi connectivity index (χ1v) is 14.2. The molecule has 2 rings (SSSR count). The van der Waals surface area contributed by atoms with E-state index in [4.69, 9.17) is 14.2 Å². The predicted molar refractivity (Wildman–Crippen MR) is 149 cm³/mol. The number of benzene rings is 2. The summed E-state index contributed by atoms with van der Waals surface area (Å²) in [6, 6.07) is 13.9. The SMILES string of the molecule is COC(=O)N[C@@H](Cc1ccccc1)[C@@H](CN(CC(C)C)S(=O)(=O)c1ccc(OC)cc1)NC(=O)OC(C)(C)C. The van der Waals surface area contributed by atoms with E-state index in [1.807, 2.05) is 44.2 Å². The number of amides is 2. The molecule has 0 radical (unpaired) electrons. The average Bonchev–Trinajstić information content (AvgIpc) is 2.86. The Balaban J connectivity index is 2.52. The molecule has 0 aromatic heterocycles. The second-order valence-electron chi connectivity index (χ2n) is 10.6. The van der Waals surface area contributed by atoms with Crippen LogP contribution in [0.15, 0.2) is 59.5 Å². The highest BCUT2D eigenvalue weighted by Gasteiger charge is 2.34. The van der Waals surface area contributed by atoms with Gasteiger partial charge >= 0.3 is 12.2 Å². The minimum atomic E-state index is -3.99. The zero-order valence-corrected chi connectivity index (χ0v) is 24.6. The maximum absolute atomic E-state index is 13.8. The molecule has 0 saturated heterocycles. The fourth-order valence-electron chi connectivity index (χ4n) is 3.90. The molecule has 39 heavy (non-hydrogen) atoms. The highest BCUT2D eigenvalue weighted by Crippen LogP contribution is 2.22. The molecule has 2 aromatic rings. The Morgan fingerprint density at radius 3 is 1.97 bits per heavy atom. The lowest BCUT2D eigenvalue weighted by Gasteiger charge is -2.34. The summed E-state index contributed by atoms with van der Waals surface area (Å²) in [4.78, 5) is 25.4. The van der Waals surface area contributed by atoms with Crippen molar-refractivity contribution in [1.82, 2.24) is 14.9 Å². The van der Waals surface area contributed by atoms with Gasteiger partial charge in [-0.25, -0.2) is 18.0 Å². The molecule has 0 bridgehead atoms. The van der Waals surface area contributed by atoms with Gasteiger partial charge in [-0.15, -0.1) is 0 Å². The van der Waals surface area contributed by atoms with Gasteiger partial charge in [-0.3, -0.25) is 0 Å². The zero-order valence-electron chi connectivity index (χ0n) is 23.8. The van der Waals surface area contributed by atoms with Gasteiger partial charge in [0.15, 0.2) is 0 Å². The van der Waals surface area contributed by atoms with Gasteiger partial charge in [0.1, 0.15) is 11.4 Å². The van der Waals surface area contributed by atoms with Gasteiger partial charge in [0.2, 0.25) is 10.0 Å². The van der Waals surface area contributed by atoms with Crippen molar-refractivity contribution in [1.29, 1.82) is 0 Å². The van der Waals surface area contributed by atoms with Gasteiger partial charge in [-0.2, -0.15) is 4.31 Å². The van der Waals surface area contributed by atoms with E-state index in [9.17, 15) is 18.0 Å². The summed E-state index contributed by atoms with van der Waals surface area (Å²) >= 11 is 0. The lowest BCUT2D eigenvalue weighted by Crippen LogP contribution is -2.58. The Kier molecular flexibility index (Phi) is 11.6. The van der Waals surface area contributed by atoms with E-state index in [1.165, 1.54) is 30.7 Å². The summed E-state index contributed by atoms with van der Waals surface area (Å²) in [6.45, 7) is 9.05. The predicted octanol–water partition coefficient (Wildman–Crippen LogP) is 4.20. The fourth-order valence-corrected chi connectivity index (χ4v) is 5.53. The molecule has 2 aromatic carbocycles. The number of ether oxygens (including phenoxy) is 3. The molecule has 11 heteroatoms. The monoisotopic (exact) mass is 563 g/mol. The molecule has 2 N–H and O–H groups in total. The molecular weight excluding hydrogens is 522 g/mol. The smallest absolute Gasteiger partial charge is 0.407 e. The molecule has 0 aliphatic carbocycles. The lowest BCUT2D eigenvalue weighted by atomic mass is 9.99. The van der Waals surface area contributed by atoms with Crippen LogP contribution in [0.25, 0.3) is 0 Å². The maximum atomic E-state index is 13.8. The summed E-state index contributed by atoms with van der Waals surface area (Å²) in [7, 11) is -1.24. The van der Waals surface area contributed by atoms with Gasteiger partial charge in [0, 0.05) is 13.1 Å². The van der Waals surface area contributed by atoms with Gasteiger partial charge in [0.05, 0.1) is 31.2 Å². The highest BCUT2D eigenvalue weighted by molar-refractivity contribution is 7.89. The first-order valence-electron chi connectivity index (χ1n) is 12.8. The second-order valence-corrected chi connectivity index (χ2v) is 12.5. The summed E-state index contributed by atoms with van der Waals surface area (Å²) in [5.74, 6) is 0.500. The van der Waals surface area contributed by atoms with Crippen LogP contribution >= 0.6 is 0 Å². The maximum Gasteiger partial charge on any atom is 0.407 e. The highest BCUT2D eigenvalue weighted by atomic mass is 32.2. The minimum absolute atomic E-state index is 0.0265. The van der Waals surface area contributed by atoms with Gasteiger partial charge in [-0.1, -0.05) is 44.2 Å². The Hall–Kier alpha value is -3.31. The molecule has 216 valence electrons. The van der Waals surface area contributed by atoms with E-state index in [1.54, 1.807) is 32.9 Å². The molecule has 0 heterocycles. The van der Waals surface area contributed by atoms with Crippen molar-refractivity contribution in [2.24, 2.45) is 5.92 Å². The molecule has 0 fully saturated rings. The zero-order chi connectivity index (χ0) is 29.2. The lowest BCUT2D eigenvalue weighted by molar-refractivity contribution is 0.0482. The Bertz CT molecular complexity index is 1160. The largest absolute Gasteiger partial charge is 0.497 e. The number of carbonyl (C=O) groups excluding carboxylic acids is 2. The quantitative estimate of drug-likeness (QED) is 0.397. The molecule has 2 atom stereocenters. The number of hydrogen-bond acceptors (Lipinski definition) is 7. The van der Waals surface area contributed by atoms with Crippen LogP contribution in [0.2, 0.25) is 0 Å². The Morgan fingerprint density at radius 2 is 1.46 bits per heavy atom. The molecular formula is C28H41N3O7S. The molecule has 0 aliphatic rings. The molecule has 0 saturated carbocycles. The van der Waals surface area contributed by atoms with Gasteiger partial charge < -0.3 is 24.8 Å². The summed E-state index contributed by atoms with van der Waals surface area (Å²) in [5.41, 5.74) is 0.0925. The van der Waals surface area contributed by atoms with Gasteiger partial charge in [0.25, 0.3) is 0 Å². The molecule has 10 nitrogen and oxygen atoms in total. The number of sulfonamides is 1. The summed E-state index contributed by atoms with van der Waals surface area (Å²) in [5, 5.41) is 5.59. The van der Waals surface area contributed by atoms with Crippen LogP contribution < -0.4 is 15.4 Å². The first kappa shape index (κ1) is 31.9. The number of rotatable bonds is 12.